The monoisotopic (exact) mass is 357 g/mol. The van der Waals surface area contributed by atoms with Gasteiger partial charge in [0.15, 0.2) is 0 Å². The van der Waals surface area contributed by atoms with E-state index in [0.29, 0.717) is 0 Å². The summed E-state index contributed by atoms with van der Waals surface area (Å²) >= 11 is 0. The standard InChI is InChI=1S/C19H24FN5O/c1-3-13-4-10-16(11-5-13)22-18-17(23-25-24-18)19(26)21-12(2)14-6-8-15(20)9-7-14/h4-12,17-18,22-25H,3H2,1-2H3,(H,21,26). The molecule has 5 N–H and O–H groups in total. The molecule has 3 atom stereocenters. The molecule has 2 aromatic rings. The Morgan fingerprint density at radius 2 is 1.81 bits per heavy atom. The van der Waals surface area contributed by atoms with Crippen molar-refractivity contribution in [1.82, 2.24) is 21.7 Å². The molecular weight excluding hydrogens is 333 g/mol. The van der Waals surface area contributed by atoms with E-state index < -0.39 is 6.04 Å². The Balaban J connectivity index is 1.61. The lowest BCUT2D eigenvalue weighted by Gasteiger charge is -2.22. The van der Waals surface area contributed by atoms with E-state index >= 15 is 0 Å². The number of carbonyl (C=O) groups excluding carboxylic acids is 1. The molecule has 26 heavy (non-hydrogen) atoms. The smallest absolute Gasteiger partial charge is 0.242 e. The van der Waals surface area contributed by atoms with E-state index in [4.69, 9.17) is 0 Å². The third-order valence-electron chi connectivity index (χ3n) is 4.48. The molecule has 6 nitrogen and oxygen atoms in total. The fourth-order valence-corrected chi connectivity index (χ4v) is 2.85. The molecule has 138 valence electrons. The predicted molar refractivity (Wildman–Crippen MR) is 99.4 cm³/mol. The van der Waals surface area contributed by atoms with Crippen molar-refractivity contribution in [3.63, 3.8) is 0 Å². The highest BCUT2D eigenvalue weighted by Crippen LogP contribution is 2.15. The van der Waals surface area contributed by atoms with Gasteiger partial charge in [-0.3, -0.25) is 4.79 Å². The first-order valence-corrected chi connectivity index (χ1v) is 8.74. The van der Waals surface area contributed by atoms with Crippen LogP contribution >= 0.6 is 0 Å². The second kappa shape index (κ2) is 8.27. The van der Waals surface area contributed by atoms with Crippen LogP contribution in [-0.2, 0) is 11.2 Å². The van der Waals surface area contributed by atoms with Crippen LogP contribution in [-0.4, -0.2) is 18.1 Å². The van der Waals surface area contributed by atoms with Crippen molar-refractivity contribution in [3.8, 4) is 0 Å². The predicted octanol–water partition coefficient (Wildman–Crippen LogP) is 1.98. The highest BCUT2D eigenvalue weighted by atomic mass is 19.1. The normalized spacial score (nSPS) is 20.6. The van der Waals surface area contributed by atoms with Crippen molar-refractivity contribution < 1.29 is 9.18 Å². The SMILES string of the molecule is CCc1ccc(NC2NNNC2C(=O)NC(C)c2ccc(F)cc2)cc1. The molecule has 1 amide bonds. The average molecular weight is 357 g/mol. The Hall–Kier alpha value is -2.48. The number of carbonyl (C=O) groups is 1. The number of nitrogens with one attached hydrogen (secondary N) is 5. The van der Waals surface area contributed by atoms with Gasteiger partial charge < -0.3 is 10.6 Å². The topological polar surface area (TPSA) is 77.2 Å². The van der Waals surface area contributed by atoms with Gasteiger partial charge in [0.05, 0.1) is 6.04 Å². The highest BCUT2D eigenvalue weighted by molar-refractivity contribution is 5.83. The molecule has 1 saturated heterocycles. The fraction of sp³-hybridized carbons (Fsp3) is 0.316. The Morgan fingerprint density at radius 1 is 1.12 bits per heavy atom. The number of hydrazine groups is 2. The minimum absolute atomic E-state index is 0.165. The van der Waals surface area contributed by atoms with Crippen LogP contribution in [0.25, 0.3) is 0 Å². The van der Waals surface area contributed by atoms with Crippen LogP contribution < -0.4 is 27.0 Å². The summed E-state index contributed by atoms with van der Waals surface area (Å²) in [5.74, 6) is -0.460. The fourth-order valence-electron chi connectivity index (χ4n) is 2.85. The van der Waals surface area contributed by atoms with Crippen molar-refractivity contribution in [1.29, 1.82) is 0 Å². The molecule has 1 fully saturated rings. The molecule has 3 unspecified atom stereocenters. The number of rotatable bonds is 6. The number of anilines is 1. The van der Waals surface area contributed by atoms with Crippen LogP contribution in [0, 0.1) is 5.82 Å². The number of hydrogen-bond acceptors (Lipinski definition) is 5. The molecular formula is C19H24FN5O. The minimum atomic E-state index is -0.510. The zero-order chi connectivity index (χ0) is 18.5. The highest BCUT2D eigenvalue weighted by Gasteiger charge is 2.33. The molecule has 1 aliphatic rings. The lowest BCUT2D eigenvalue weighted by atomic mass is 10.1. The van der Waals surface area contributed by atoms with Gasteiger partial charge in [-0.2, -0.15) is 5.53 Å². The van der Waals surface area contributed by atoms with Gasteiger partial charge in [0.25, 0.3) is 0 Å². The summed E-state index contributed by atoms with van der Waals surface area (Å²) in [5.41, 5.74) is 11.7. The van der Waals surface area contributed by atoms with Crippen molar-refractivity contribution in [2.45, 2.75) is 38.5 Å². The maximum absolute atomic E-state index is 13.0. The van der Waals surface area contributed by atoms with Crippen LogP contribution in [0.2, 0.25) is 0 Å². The zero-order valence-electron chi connectivity index (χ0n) is 14.8. The summed E-state index contributed by atoms with van der Waals surface area (Å²) in [7, 11) is 0. The summed E-state index contributed by atoms with van der Waals surface area (Å²) in [5, 5.41) is 6.24. The Morgan fingerprint density at radius 3 is 2.46 bits per heavy atom. The van der Waals surface area contributed by atoms with Crippen LogP contribution in [0.15, 0.2) is 48.5 Å². The largest absolute Gasteiger partial charge is 0.367 e. The summed E-state index contributed by atoms with van der Waals surface area (Å²) in [6.45, 7) is 3.98. The van der Waals surface area contributed by atoms with E-state index in [0.717, 1.165) is 17.7 Å². The molecule has 0 bridgehead atoms. The Kier molecular flexibility index (Phi) is 5.82. The van der Waals surface area contributed by atoms with Crippen LogP contribution in [0.3, 0.4) is 0 Å². The van der Waals surface area contributed by atoms with Gasteiger partial charge in [-0.25, -0.2) is 15.2 Å². The molecule has 1 heterocycles. The first kappa shape index (κ1) is 18.3. The number of aryl methyl sites for hydroxylation is 1. The average Bonchev–Trinajstić information content (AvgIpc) is 3.11. The van der Waals surface area contributed by atoms with Crippen LogP contribution in [0.4, 0.5) is 10.1 Å². The van der Waals surface area contributed by atoms with E-state index in [1.165, 1.54) is 17.7 Å². The number of halogens is 1. The minimum Gasteiger partial charge on any atom is -0.367 e. The summed E-state index contributed by atoms with van der Waals surface area (Å²) in [6, 6.07) is 13.5. The van der Waals surface area contributed by atoms with E-state index in [9.17, 15) is 9.18 Å². The van der Waals surface area contributed by atoms with Gasteiger partial charge in [0.1, 0.15) is 18.0 Å². The van der Waals surface area contributed by atoms with Crippen molar-refractivity contribution in [2.24, 2.45) is 0 Å². The van der Waals surface area contributed by atoms with Gasteiger partial charge in [0, 0.05) is 5.69 Å². The Labute approximate surface area is 152 Å². The zero-order valence-corrected chi connectivity index (χ0v) is 14.8. The van der Waals surface area contributed by atoms with Gasteiger partial charge in [-0.05, 0) is 48.7 Å². The number of amides is 1. The van der Waals surface area contributed by atoms with Gasteiger partial charge in [0.2, 0.25) is 5.91 Å². The van der Waals surface area contributed by atoms with Crippen molar-refractivity contribution in [2.75, 3.05) is 5.32 Å². The van der Waals surface area contributed by atoms with Gasteiger partial charge in [-0.1, -0.05) is 31.2 Å². The second-order valence-corrected chi connectivity index (χ2v) is 6.35. The lowest BCUT2D eigenvalue weighted by Crippen LogP contribution is -2.50. The Bertz CT molecular complexity index is 735. The van der Waals surface area contributed by atoms with E-state index in [-0.39, 0.29) is 23.9 Å². The molecule has 7 heteroatoms. The molecule has 0 saturated carbocycles. The summed E-state index contributed by atoms with van der Waals surface area (Å²) in [4.78, 5) is 12.6. The molecule has 1 aliphatic heterocycles. The quantitative estimate of drug-likeness (QED) is 0.547. The maximum atomic E-state index is 13.0. The van der Waals surface area contributed by atoms with Crippen molar-refractivity contribution in [3.05, 3.63) is 65.5 Å². The molecule has 2 aromatic carbocycles. The van der Waals surface area contributed by atoms with E-state index in [2.05, 4.69) is 46.1 Å². The summed E-state index contributed by atoms with van der Waals surface area (Å²) < 4.78 is 13.0. The van der Waals surface area contributed by atoms with Crippen LogP contribution in [0.5, 0.6) is 0 Å². The summed E-state index contributed by atoms with van der Waals surface area (Å²) in [6.07, 6.45) is 0.667. The van der Waals surface area contributed by atoms with Crippen molar-refractivity contribution >= 4 is 11.6 Å². The molecule has 3 rings (SSSR count). The maximum Gasteiger partial charge on any atom is 0.242 e. The van der Waals surface area contributed by atoms with E-state index in [1.54, 1.807) is 12.1 Å². The first-order chi connectivity index (χ1) is 12.6. The third kappa shape index (κ3) is 4.37. The van der Waals surface area contributed by atoms with E-state index in [1.807, 2.05) is 19.1 Å². The first-order valence-electron chi connectivity index (χ1n) is 8.74. The van der Waals surface area contributed by atoms with Gasteiger partial charge >= 0.3 is 0 Å². The van der Waals surface area contributed by atoms with Gasteiger partial charge in [-0.15, -0.1) is 0 Å². The number of hydrogen-bond donors (Lipinski definition) is 5. The number of benzene rings is 2. The lowest BCUT2D eigenvalue weighted by molar-refractivity contribution is -0.123. The molecule has 0 radical (unpaired) electrons. The molecule has 0 spiro atoms. The second-order valence-electron chi connectivity index (χ2n) is 6.35. The third-order valence-corrected chi connectivity index (χ3v) is 4.48. The molecule has 0 aliphatic carbocycles. The van der Waals surface area contributed by atoms with Crippen LogP contribution in [0.1, 0.15) is 31.0 Å². The molecule has 0 aromatic heterocycles.